The van der Waals surface area contributed by atoms with E-state index in [0.29, 0.717) is 40.0 Å². The molecule has 0 bridgehead atoms. The molecule has 2 aliphatic rings. The third-order valence-corrected chi connectivity index (χ3v) is 6.52. The average Bonchev–Trinajstić information content (AvgIpc) is 3.23. The minimum absolute atomic E-state index is 0.108. The maximum atomic E-state index is 12.9. The SMILES string of the molecule is Nc1c(Cl)cc(C(=O)CCC2CCN(CC3CCOC3)CC2)c2ncccc12. The molecule has 2 fully saturated rings. The normalized spacial score (nSPS) is 21.4. The van der Waals surface area contributed by atoms with Gasteiger partial charge in [-0.1, -0.05) is 11.6 Å². The number of ether oxygens (including phenoxy) is 1. The number of nitrogen functional groups attached to an aromatic ring is 1. The van der Waals surface area contributed by atoms with E-state index in [-0.39, 0.29) is 5.78 Å². The molecule has 2 aromatic rings. The molecule has 150 valence electrons. The van der Waals surface area contributed by atoms with Crippen molar-refractivity contribution in [3.8, 4) is 0 Å². The molecule has 5 nitrogen and oxygen atoms in total. The van der Waals surface area contributed by atoms with Crippen LogP contribution in [0, 0.1) is 11.8 Å². The second kappa shape index (κ2) is 8.76. The van der Waals surface area contributed by atoms with Crippen molar-refractivity contribution >= 4 is 34.0 Å². The smallest absolute Gasteiger partial charge is 0.165 e. The molecule has 0 amide bonds. The number of Topliss-reactive ketones (excluding diaryl/α,β-unsaturated/α-hetero) is 1. The summed E-state index contributed by atoms with van der Waals surface area (Å²) in [5.41, 5.74) is 7.79. The van der Waals surface area contributed by atoms with Gasteiger partial charge in [0.1, 0.15) is 0 Å². The second-order valence-electron chi connectivity index (χ2n) is 8.15. The van der Waals surface area contributed by atoms with Crippen molar-refractivity contribution in [3.05, 3.63) is 35.0 Å². The van der Waals surface area contributed by atoms with Gasteiger partial charge in [0.25, 0.3) is 0 Å². The van der Waals surface area contributed by atoms with Crippen LogP contribution in [-0.2, 0) is 4.74 Å². The summed E-state index contributed by atoms with van der Waals surface area (Å²) in [6.07, 6.45) is 6.69. The predicted octanol–water partition coefficient (Wildman–Crippen LogP) is 4.18. The molecule has 1 aromatic carbocycles. The van der Waals surface area contributed by atoms with Gasteiger partial charge in [0.15, 0.2) is 5.78 Å². The van der Waals surface area contributed by atoms with Gasteiger partial charge in [0.05, 0.1) is 22.8 Å². The molecule has 1 aromatic heterocycles. The lowest BCUT2D eigenvalue weighted by atomic mass is 9.89. The highest BCUT2D eigenvalue weighted by Crippen LogP contribution is 2.32. The molecule has 1 atom stereocenters. The molecule has 4 rings (SSSR count). The van der Waals surface area contributed by atoms with E-state index in [1.54, 1.807) is 12.3 Å². The average molecular weight is 402 g/mol. The molecule has 6 heteroatoms. The first-order valence-corrected chi connectivity index (χ1v) is 10.7. The van der Waals surface area contributed by atoms with E-state index in [2.05, 4.69) is 9.88 Å². The number of nitrogens with zero attached hydrogens (tertiary/aromatic N) is 2. The number of carbonyl (C=O) groups is 1. The van der Waals surface area contributed by atoms with Gasteiger partial charge in [-0.15, -0.1) is 0 Å². The van der Waals surface area contributed by atoms with Crippen molar-refractivity contribution in [2.45, 2.75) is 32.1 Å². The lowest BCUT2D eigenvalue weighted by Crippen LogP contribution is -2.37. The Morgan fingerprint density at radius 1 is 1.29 bits per heavy atom. The maximum absolute atomic E-state index is 12.9. The van der Waals surface area contributed by atoms with Gasteiger partial charge in [0, 0.05) is 36.7 Å². The van der Waals surface area contributed by atoms with E-state index in [9.17, 15) is 4.79 Å². The van der Waals surface area contributed by atoms with Crippen LogP contribution in [0.25, 0.3) is 10.9 Å². The number of carbonyl (C=O) groups excluding carboxylic acids is 1. The third-order valence-electron chi connectivity index (χ3n) is 6.21. The number of hydrogen-bond donors (Lipinski definition) is 1. The summed E-state index contributed by atoms with van der Waals surface area (Å²) >= 11 is 6.25. The first kappa shape index (κ1) is 19.6. The summed E-state index contributed by atoms with van der Waals surface area (Å²) in [6, 6.07) is 5.36. The number of halogens is 1. The van der Waals surface area contributed by atoms with Crippen LogP contribution in [0.1, 0.15) is 42.5 Å². The highest BCUT2D eigenvalue weighted by Gasteiger charge is 2.24. The Balaban J connectivity index is 1.33. The minimum Gasteiger partial charge on any atom is -0.397 e. The first-order valence-electron chi connectivity index (χ1n) is 10.3. The standard InChI is InChI=1S/C22H28ClN3O2/c23-19-12-18(22-17(21(19)24)2-1-8-25-22)20(27)4-3-15-5-9-26(10-6-15)13-16-7-11-28-14-16/h1-2,8,12,15-16H,3-7,9-11,13-14,24H2. The van der Waals surface area contributed by atoms with Crippen LogP contribution in [0.5, 0.6) is 0 Å². The van der Waals surface area contributed by atoms with E-state index in [1.807, 2.05) is 12.1 Å². The molecule has 2 saturated heterocycles. The summed E-state index contributed by atoms with van der Waals surface area (Å²) in [5, 5.41) is 1.18. The largest absolute Gasteiger partial charge is 0.397 e. The fourth-order valence-corrected chi connectivity index (χ4v) is 4.68. The maximum Gasteiger partial charge on any atom is 0.165 e. The lowest BCUT2D eigenvalue weighted by molar-refractivity contribution is 0.0958. The van der Waals surface area contributed by atoms with Crippen LogP contribution in [0.2, 0.25) is 5.02 Å². The highest BCUT2D eigenvalue weighted by atomic mass is 35.5. The number of nitrogens with two attached hydrogens (primary N) is 1. The summed E-state index contributed by atoms with van der Waals surface area (Å²) in [5.74, 6) is 1.42. The summed E-state index contributed by atoms with van der Waals surface area (Å²) in [7, 11) is 0. The van der Waals surface area contributed by atoms with Gasteiger partial charge in [-0.2, -0.15) is 0 Å². The molecule has 2 N–H and O–H groups in total. The van der Waals surface area contributed by atoms with Crippen LogP contribution in [-0.4, -0.2) is 48.5 Å². The second-order valence-corrected chi connectivity index (χ2v) is 8.56. The number of piperidine rings is 1. The molecule has 0 spiro atoms. The number of pyridine rings is 1. The number of rotatable bonds is 6. The monoisotopic (exact) mass is 401 g/mol. The summed E-state index contributed by atoms with van der Waals surface area (Å²) in [6.45, 7) is 5.26. The number of anilines is 1. The molecule has 0 radical (unpaired) electrons. The van der Waals surface area contributed by atoms with Crippen LogP contribution in [0.3, 0.4) is 0 Å². The van der Waals surface area contributed by atoms with Gasteiger partial charge < -0.3 is 15.4 Å². The van der Waals surface area contributed by atoms with E-state index < -0.39 is 0 Å². The van der Waals surface area contributed by atoms with Gasteiger partial charge in [-0.25, -0.2) is 0 Å². The molecular weight excluding hydrogens is 374 g/mol. The highest BCUT2D eigenvalue weighted by molar-refractivity contribution is 6.35. The Morgan fingerprint density at radius 2 is 2.11 bits per heavy atom. The number of aromatic nitrogens is 1. The Hall–Kier alpha value is -1.69. The van der Waals surface area contributed by atoms with Crippen LogP contribution in [0.15, 0.2) is 24.4 Å². The third kappa shape index (κ3) is 4.32. The van der Waals surface area contributed by atoms with Crippen molar-refractivity contribution in [2.24, 2.45) is 11.8 Å². The van der Waals surface area contributed by atoms with E-state index in [0.717, 1.165) is 44.7 Å². The van der Waals surface area contributed by atoms with Gasteiger partial charge >= 0.3 is 0 Å². The van der Waals surface area contributed by atoms with Gasteiger partial charge in [-0.3, -0.25) is 9.78 Å². The van der Waals surface area contributed by atoms with Crippen molar-refractivity contribution in [1.29, 1.82) is 0 Å². The zero-order valence-corrected chi connectivity index (χ0v) is 17.0. The molecule has 0 saturated carbocycles. The number of likely N-dealkylation sites (tertiary alicyclic amines) is 1. The van der Waals surface area contributed by atoms with Crippen molar-refractivity contribution in [3.63, 3.8) is 0 Å². The fourth-order valence-electron chi connectivity index (χ4n) is 4.47. The fraction of sp³-hybridized carbons (Fsp3) is 0.545. The Kier molecular flexibility index (Phi) is 6.14. The Morgan fingerprint density at radius 3 is 2.86 bits per heavy atom. The molecule has 0 aliphatic carbocycles. The predicted molar refractivity (Wildman–Crippen MR) is 113 cm³/mol. The molecule has 2 aliphatic heterocycles. The van der Waals surface area contributed by atoms with Crippen molar-refractivity contribution in [2.75, 3.05) is 38.6 Å². The van der Waals surface area contributed by atoms with Crippen molar-refractivity contribution < 1.29 is 9.53 Å². The molecule has 28 heavy (non-hydrogen) atoms. The topological polar surface area (TPSA) is 68.5 Å². The van der Waals surface area contributed by atoms with Crippen LogP contribution in [0.4, 0.5) is 5.69 Å². The van der Waals surface area contributed by atoms with Gasteiger partial charge in [-0.05, 0) is 68.8 Å². The van der Waals surface area contributed by atoms with E-state index in [1.165, 1.54) is 19.3 Å². The molecule has 3 heterocycles. The molecule has 1 unspecified atom stereocenters. The zero-order valence-electron chi connectivity index (χ0n) is 16.2. The Labute approximate surface area is 171 Å². The Bertz CT molecular complexity index is 843. The van der Waals surface area contributed by atoms with Crippen molar-refractivity contribution in [1.82, 2.24) is 9.88 Å². The van der Waals surface area contributed by atoms with E-state index in [4.69, 9.17) is 22.1 Å². The first-order chi connectivity index (χ1) is 13.6. The minimum atomic E-state index is 0.108. The number of ketones is 1. The van der Waals surface area contributed by atoms with Crippen LogP contribution >= 0.6 is 11.6 Å². The van der Waals surface area contributed by atoms with E-state index >= 15 is 0 Å². The lowest BCUT2D eigenvalue weighted by Gasteiger charge is -2.33. The summed E-state index contributed by atoms with van der Waals surface area (Å²) < 4.78 is 5.49. The van der Waals surface area contributed by atoms with Gasteiger partial charge in [0.2, 0.25) is 0 Å². The number of benzene rings is 1. The zero-order chi connectivity index (χ0) is 19.5. The number of fused-ring (bicyclic) bond motifs is 1. The number of hydrogen-bond acceptors (Lipinski definition) is 5. The van der Waals surface area contributed by atoms with Crippen LogP contribution < -0.4 is 5.73 Å². The quantitative estimate of drug-likeness (QED) is 0.580. The molecular formula is C22H28ClN3O2. The summed E-state index contributed by atoms with van der Waals surface area (Å²) in [4.78, 5) is 19.8.